The van der Waals surface area contributed by atoms with E-state index in [0.717, 1.165) is 12.8 Å². The van der Waals surface area contributed by atoms with Crippen LogP contribution in [0.2, 0.25) is 0 Å². The normalized spacial score (nSPS) is 35.3. The van der Waals surface area contributed by atoms with Crippen molar-refractivity contribution in [1.29, 1.82) is 0 Å². The van der Waals surface area contributed by atoms with Gasteiger partial charge in [0.15, 0.2) is 0 Å². The molecule has 0 radical (unpaired) electrons. The summed E-state index contributed by atoms with van der Waals surface area (Å²) in [5, 5.41) is 0. The molecule has 3 fully saturated rings. The number of carbonyl (C=O) groups is 3. The molecule has 1 heterocycles. The maximum absolute atomic E-state index is 12.4. The first-order valence-corrected chi connectivity index (χ1v) is 8.55. The molecular formula is C18H24O6. The van der Waals surface area contributed by atoms with Crippen LogP contribution in [-0.4, -0.2) is 36.2 Å². The second-order valence-corrected chi connectivity index (χ2v) is 7.44. The van der Waals surface area contributed by atoms with Gasteiger partial charge in [-0.1, -0.05) is 13.5 Å². The highest BCUT2D eigenvalue weighted by molar-refractivity contribution is 5.87. The first kappa shape index (κ1) is 17.0. The van der Waals surface area contributed by atoms with Crippen molar-refractivity contribution in [2.45, 2.75) is 58.3 Å². The second-order valence-electron chi connectivity index (χ2n) is 7.44. The minimum Gasteiger partial charge on any atom is -0.459 e. The number of fused-ring (bicyclic) bond motifs is 1. The van der Waals surface area contributed by atoms with Crippen molar-refractivity contribution in [3.63, 3.8) is 0 Å². The smallest absolute Gasteiger partial charge is 0.333 e. The summed E-state index contributed by atoms with van der Waals surface area (Å²) in [6.45, 7) is 8.61. The average Bonchev–Trinajstić information content (AvgIpc) is 3.11. The molecule has 2 aliphatic carbocycles. The molecule has 0 amide bonds. The number of hydrogen-bond acceptors (Lipinski definition) is 6. The van der Waals surface area contributed by atoms with E-state index in [1.165, 1.54) is 0 Å². The third kappa shape index (κ3) is 2.94. The van der Waals surface area contributed by atoms with E-state index >= 15 is 0 Å². The highest BCUT2D eigenvalue weighted by Gasteiger charge is 2.63. The van der Waals surface area contributed by atoms with Crippen molar-refractivity contribution in [3.05, 3.63) is 12.2 Å². The molecule has 1 saturated heterocycles. The predicted octanol–water partition coefficient (Wildman–Crippen LogP) is 2.01. The lowest BCUT2D eigenvalue weighted by Gasteiger charge is -2.27. The number of rotatable bonds is 6. The molecule has 6 nitrogen and oxygen atoms in total. The molecule has 24 heavy (non-hydrogen) atoms. The van der Waals surface area contributed by atoms with Crippen LogP contribution in [0.1, 0.15) is 40.0 Å². The third-order valence-electron chi connectivity index (χ3n) is 5.41. The van der Waals surface area contributed by atoms with Gasteiger partial charge in [-0.25, -0.2) is 4.79 Å². The van der Waals surface area contributed by atoms with Crippen LogP contribution >= 0.6 is 0 Å². The number of ether oxygens (including phenoxy) is 3. The highest BCUT2D eigenvalue weighted by Crippen LogP contribution is 2.55. The summed E-state index contributed by atoms with van der Waals surface area (Å²) < 4.78 is 16.3. The molecule has 0 aromatic heterocycles. The Bertz CT molecular complexity index is 582. The molecular weight excluding hydrogens is 312 g/mol. The Labute approximate surface area is 141 Å². The molecule has 1 aliphatic heterocycles. The van der Waals surface area contributed by atoms with Crippen LogP contribution in [0, 0.1) is 23.7 Å². The minimum absolute atomic E-state index is 0.00829. The van der Waals surface area contributed by atoms with Crippen molar-refractivity contribution < 1.29 is 28.6 Å². The molecule has 132 valence electrons. The topological polar surface area (TPSA) is 78.9 Å². The van der Waals surface area contributed by atoms with E-state index < -0.39 is 18.0 Å². The fourth-order valence-corrected chi connectivity index (χ4v) is 4.24. The molecule has 3 rings (SSSR count). The van der Waals surface area contributed by atoms with E-state index in [1.54, 1.807) is 20.8 Å². The quantitative estimate of drug-likeness (QED) is 0.419. The van der Waals surface area contributed by atoms with Gasteiger partial charge in [-0.15, -0.1) is 0 Å². The molecule has 0 aromatic rings. The molecule has 2 saturated carbocycles. The van der Waals surface area contributed by atoms with E-state index in [4.69, 9.17) is 14.2 Å². The standard InChI is InChI=1S/C18H24O6/c1-8(2)16(19)22-10(4)5-9(3)17(20)23-14-11-6-12-13(7-11)18(21)24-15(12)14/h9-15H,1,5-7H2,2-4H3. The average molecular weight is 336 g/mol. The second kappa shape index (κ2) is 6.22. The molecule has 6 heteroatoms. The third-order valence-corrected chi connectivity index (χ3v) is 5.41. The van der Waals surface area contributed by atoms with Crippen molar-refractivity contribution in [2.24, 2.45) is 23.7 Å². The molecule has 0 spiro atoms. The number of hydrogen-bond donors (Lipinski definition) is 0. The highest BCUT2D eigenvalue weighted by atomic mass is 16.6. The molecule has 7 unspecified atom stereocenters. The van der Waals surface area contributed by atoms with Crippen molar-refractivity contribution in [2.75, 3.05) is 0 Å². The van der Waals surface area contributed by atoms with Gasteiger partial charge >= 0.3 is 17.9 Å². The van der Waals surface area contributed by atoms with Gasteiger partial charge in [-0.2, -0.15) is 0 Å². The van der Waals surface area contributed by atoms with Crippen LogP contribution in [0.5, 0.6) is 0 Å². The van der Waals surface area contributed by atoms with Crippen molar-refractivity contribution >= 4 is 17.9 Å². The Morgan fingerprint density at radius 3 is 2.71 bits per heavy atom. The van der Waals surface area contributed by atoms with Crippen LogP contribution in [0.4, 0.5) is 0 Å². The lowest BCUT2D eigenvalue weighted by atomic mass is 9.88. The Morgan fingerprint density at radius 1 is 1.33 bits per heavy atom. The Kier molecular flexibility index (Phi) is 4.40. The molecule has 3 aliphatic rings. The maximum atomic E-state index is 12.4. The zero-order valence-electron chi connectivity index (χ0n) is 14.3. The first-order chi connectivity index (χ1) is 11.3. The van der Waals surface area contributed by atoms with Crippen molar-refractivity contribution in [3.8, 4) is 0 Å². The van der Waals surface area contributed by atoms with E-state index in [2.05, 4.69) is 6.58 Å². The summed E-state index contributed by atoms with van der Waals surface area (Å²) in [6.07, 6.45) is 1.06. The van der Waals surface area contributed by atoms with Crippen LogP contribution in [0.3, 0.4) is 0 Å². The van der Waals surface area contributed by atoms with E-state index in [-0.39, 0.29) is 41.9 Å². The zero-order chi connectivity index (χ0) is 17.6. The molecule has 7 atom stereocenters. The molecule has 2 bridgehead atoms. The summed E-state index contributed by atoms with van der Waals surface area (Å²) in [7, 11) is 0. The van der Waals surface area contributed by atoms with Gasteiger partial charge in [-0.3, -0.25) is 9.59 Å². The van der Waals surface area contributed by atoms with Gasteiger partial charge in [0.1, 0.15) is 18.3 Å². The Balaban J connectivity index is 1.51. The lowest BCUT2D eigenvalue weighted by Crippen LogP contribution is -2.37. The summed E-state index contributed by atoms with van der Waals surface area (Å²) in [5.74, 6) is -0.874. The molecule has 0 aromatic carbocycles. The van der Waals surface area contributed by atoms with E-state index in [9.17, 15) is 14.4 Å². The summed E-state index contributed by atoms with van der Waals surface area (Å²) in [5.41, 5.74) is 0.330. The lowest BCUT2D eigenvalue weighted by molar-refractivity contribution is -0.166. The summed E-state index contributed by atoms with van der Waals surface area (Å²) in [6, 6.07) is 0. The Morgan fingerprint density at radius 2 is 2.04 bits per heavy atom. The Hall–Kier alpha value is -1.85. The van der Waals surface area contributed by atoms with Crippen LogP contribution < -0.4 is 0 Å². The SMILES string of the molecule is C=C(C)C(=O)OC(C)CC(C)C(=O)OC1C2CC3C(=O)OC1C3C2. The van der Waals surface area contributed by atoms with Gasteiger partial charge in [0.2, 0.25) is 0 Å². The zero-order valence-corrected chi connectivity index (χ0v) is 14.3. The number of carbonyl (C=O) groups excluding carboxylic acids is 3. The summed E-state index contributed by atoms with van der Waals surface area (Å²) in [4.78, 5) is 35.6. The van der Waals surface area contributed by atoms with Gasteiger partial charge in [0, 0.05) is 17.4 Å². The van der Waals surface area contributed by atoms with Crippen LogP contribution in [0.15, 0.2) is 12.2 Å². The van der Waals surface area contributed by atoms with Gasteiger partial charge in [-0.05, 0) is 33.1 Å². The largest absolute Gasteiger partial charge is 0.459 e. The van der Waals surface area contributed by atoms with Gasteiger partial charge in [0.25, 0.3) is 0 Å². The summed E-state index contributed by atoms with van der Waals surface area (Å²) >= 11 is 0. The maximum Gasteiger partial charge on any atom is 0.333 e. The first-order valence-electron chi connectivity index (χ1n) is 8.55. The van der Waals surface area contributed by atoms with E-state index in [1.807, 2.05) is 0 Å². The fraction of sp³-hybridized carbons (Fsp3) is 0.722. The molecule has 0 N–H and O–H groups in total. The van der Waals surface area contributed by atoms with Gasteiger partial charge < -0.3 is 14.2 Å². The monoisotopic (exact) mass is 336 g/mol. The number of esters is 3. The predicted molar refractivity (Wildman–Crippen MR) is 83.6 cm³/mol. The van der Waals surface area contributed by atoms with E-state index in [0.29, 0.717) is 12.0 Å². The minimum atomic E-state index is -0.458. The van der Waals surface area contributed by atoms with Crippen LogP contribution in [0.25, 0.3) is 0 Å². The van der Waals surface area contributed by atoms with Gasteiger partial charge in [0.05, 0.1) is 11.8 Å². The van der Waals surface area contributed by atoms with Crippen molar-refractivity contribution in [1.82, 2.24) is 0 Å². The fourth-order valence-electron chi connectivity index (χ4n) is 4.24. The van der Waals surface area contributed by atoms with Crippen LogP contribution in [-0.2, 0) is 28.6 Å².